The zero-order valence-corrected chi connectivity index (χ0v) is 5.75. The molecule has 1 saturated carbocycles. The van der Waals surface area contributed by atoms with Gasteiger partial charge in [0, 0.05) is 12.5 Å². The molecule has 0 aliphatic heterocycles. The minimum atomic E-state index is -0.245. The number of rotatable bonds is 1. The van der Waals surface area contributed by atoms with Crippen molar-refractivity contribution in [2.45, 2.75) is 25.9 Å². The van der Waals surface area contributed by atoms with Crippen LogP contribution in [0, 0.1) is 11.8 Å². The van der Waals surface area contributed by atoms with Crippen LogP contribution in [-0.2, 0) is 0 Å². The van der Waals surface area contributed by atoms with Crippen LogP contribution in [0.3, 0.4) is 0 Å². The van der Waals surface area contributed by atoms with Crippen molar-refractivity contribution in [2.24, 2.45) is 11.8 Å². The topological polar surface area (TPSA) is 40.5 Å². The van der Waals surface area contributed by atoms with Crippen LogP contribution in [0.4, 0.5) is 0 Å². The molecule has 0 spiro atoms. The summed E-state index contributed by atoms with van der Waals surface area (Å²) < 4.78 is 0. The van der Waals surface area contributed by atoms with E-state index in [4.69, 9.17) is 5.11 Å². The van der Waals surface area contributed by atoms with E-state index in [1.807, 2.05) is 0 Å². The fraction of sp³-hybridized carbons (Fsp3) is 1.00. The lowest BCUT2D eigenvalue weighted by Gasteiger charge is -2.08. The smallest absolute Gasteiger partial charge is 0.0592 e. The first kappa shape index (κ1) is 7.03. The highest BCUT2D eigenvalue weighted by molar-refractivity contribution is 4.79. The third-order valence-corrected chi connectivity index (χ3v) is 2.13. The Bertz CT molecular complexity index is 92.9. The molecule has 0 aromatic heterocycles. The Labute approximate surface area is 55.5 Å². The monoisotopic (exact) mass is 130 g/mol. The van der Waals surface area contributed by atoms with Crippen LogP contribution < -0.4 is 0 Å². The quantitative estimate of drug-likeness (QED) is 0.539. The summed E-state index contributed by atoms with van der Waals surface area (Å²) in [5.41, 5.74) is 0. The summed E-state index contributed by atoms with van der Waals surface area (Å²) in [7, 11) is 0. The van der Waals surface area contributed by atoms with E-state index in [0.717, 1.165) is 12.8 Å². The van der Waals surface area contributed by atoms with Crippen molar-refractivity contribution < 1.29 is 10.2 Å². The molecule has 0 radical (unpaired) electrons. The number of hydrogen-bond donors (Lipinski definition) is 2. The zero-order chi connectivity index (χ0) is 6.85. The van der Waals surface area contributed by atoms with Crippen LogP contribution in [0.5, 0.6) is 0 Å². The summed E-state index contributed by atoms with van der Waals surface area (Å²) in [6, 6.07) is 0. The lowest BCUT2D eigenvalue weighted by Crippen LogP contribution is -2.16. The molecule has 0 amide bonds. The number of aliphatic hydroxyl groups excluding tert-OH is 2. The minimum Gasteiger partial charge on any atom is -0.396 e. The summed E-state index contributed by atoms with van der Waals surface area (Å²) in [5.74, 6) is 0.747. The standard InChI is InChI=1S/C7H14O2/c1-5-2-6(4-8)7(9)3-5/h5-9H,2-4H2,1H3. The largest absolute Gasteiger partial charge is 0.396 e. The first-order valence-electron chi connectivity index (χ1n) is 3.53. The third-order valence-electron chi connectivity index (χ3n) is 2.13. The third kappa shape index (κ3) is 1.43. The Balaban J connectivity index is 2.38. The van der Waals surface area contributed by atoms with E-state index in [1.54, 1.807) is 0 Å². The van der Waals surface area contributed by atoms with E-state index < -0.39 is 0 Å². The summed E-state index contributed by atoms with van der Waals surface area (Å²) in [5, 5.41) is 17.9. The minimum absolute atomic E-state index is 0.144. The van der Waals surface area contributed by atoms with Crippen molar-refractivity contribution in [3.05, 3.63) is 0 Å². The molecule has 0 heterocycles. The van der Waals surface area contributed by atoms with Gasteiger partial charge in [-0.2, -0.15) is 0 Å². The van der Waals surface area contributed by atoms with E-state index in [2.05, 4.69) is 6.92 Å². The van der Waals surface area contributed by atoms with Gasteiger partial charge in [-0.1, -0.05) is 6.92 Å². The molecule has 0 saturated heterocycles. The second-order valence-corrected chi connectivity index (χ2v) is 3.09. The van der Waals surface area contributed by atoms with E-state index in [-0.39, 0.29) is 18.6 Å². The van der Waals surface area contributed by atoms with Gasteiger partial charge in [0.05, 0.1) is 6.10 Å². The lowest BCUT2D eigenvalue weighted by atomic mass is 10.1. The molecule has 2 N–H and O–H groups in total. The predicted molar refractivity (Wildman–Crippen MR) is 35.0 cm³/mol. The van der Waals surface area contributed by atoms with Gasteiger partial charge in [0.1, 0.15) is 0 Å². The second-order valence-electron chi connectivity index (χ2n) is 3.09. The van der Waals surface area contributed by atoms with Gasteiger partial charge < -0.3 is 10.2 Å². The number of hydrogen-bond acceptors (Lipinski definition) is 2. The van der Waals surface area contributed by atoms with Gasteiger partial charge in [-0.15, -0.1) is 0 Å². The number of aliphatic hydroxyl groups is 2. The molecule has 1 fully saturated rings. The summed E-state index contributed by atoms with van der Waals surface area (Å²) in [4.78, 5) is 0. The van der Waals surface area contributed by atoms with Crippen LogP contribution in [0.2, 0.25) is 0 Å². The van der Waals surface area contributed by atoms with Crippen LogP contribution >= 0.6 is 0 Å². The Kier molecular flexibility index (Phi) is 2.09. The lowest BCUT2D eigenvalue weighted by molar-refractivity contribution is 0.0906. The first-order valence-corrected chi connectivity index (χ1v) is 3.53. The maximum atomic E-state index is 9.20. The molecule has 0 bridgehead atoms. The Morgan fingerprint density at radius 1 is 1.44 bits per heavy atom. The van der Waals surface area contributed by atoms with Crippen LogP contribution in [0.1, 0.15) is 19.8 Å². The SMILES string of the molecule is CC1CC(O)C(CO)C1. The molecule has 1 rings (SSSR count). The molecule has 0 aromatic rings. The Morgan fingerprint density at radius 2 is 2.11 bits per heavy atom. The maximum absolute atomic E-state index is 9.20. The van der Waals surface area contributed by atoms with Crippen LogP contribution in [0.15, 0.2) is 0 Å². The van der Waals surface area contributed by atoms with Crippen LogP contribution in [-0.4, -0.2) is 22.9 Å². The molecule has 2 nitrogen and oxygen atoms in total. The molecule has 9 heavy (non-hydrogen) atoms. The zero-order valence-electron chi connectivity index (χ0n) is 5.75. The molecule has 3 unspecified atom stereocenters. The molecular weight excluding hydrogens is 116 g/mol. The first-order chi connectivity index (χ1) is 4.24. The molecule has 2 heteroatoms. The van der Waals surface area contributed by atoms with Gasteiger partial charge in [-0.25, -0.2) is 0 Å². The summed E-state index contributed by atoms with van der Waals surface area (Å²) >= 11 is 0. The van der Waals surface area contributed by atoms with Gasteiger partial charge in [0.25, 0.3) is 0 Å². The van der Waals surface area contributed by atoms with Crippen molar-refractivity contribution in [1.29, 1.82) is 0 Å². The van der Waals surface area contributed by atoms with Crippen molar-refractivity contribution >= 4 is 0 Å². The fourth-order valence-corrected chi connectivity index (χ4v) is 1.57. The average molecular weight is 130 g/mol. The Hall–Kier alpha value is -0.0800. The highest BCUT2D eigenvalue weighted by Crippen LogP contribution is 2.29. The molecule has 1 aliphatic rings. The molecular formula is C7H14O2. The molecule has 1 aliphatic carbocycles. The van der Waals surface area contributed by atoms with Crippen molar-refractivity contribution in [3.8, 4) is 0 Å². The van der Waals surface area contributed by atoms with Crippen molar-refractivity contribution in [3.63, 3.8) is 0 Å². The van der Waals surface area contributed by atoms with Crippen molar-refractivity contribution in [2.75, 3.05) is 6.61 Å². The normalized spacial score (nSPS) is 43.7. The maximum Gasteiger partial charge on any atom is 0.0592 e. The fourth-order valence-electron chi connectivity index (χ4n) is 1.57. The van der Waals surface area contributed by atoms with Crippen LogP contribution in [0.25, 0.3) is 0 Å². The predicted octanol–water partition coefficient (Wildman–Crippen LogP) is 0.386. The van der Waals surface area contributed by atoms with E-state index >= 15 is 0 Å². The van der Waals surface area contributed by atoms with E-state index in [1.165, 1.54) is 0 Å². The van der Waals surface area contributed by atoms with Crippen molar-refractivity contribution in [1.82, 2.24) is 0 Å². The van der Waals surface area contributed by atoms with Gasteiger partial charge in [-0.05, 0) is 18.8 Å². The highest BCUT2D eigenvalue weighted by atomic mass is 16.3. The second kappa shape index (κ2) is 2.67. The summed E-state index contributed by atoms with van der Waals surface area (Å²) in [6.45, 7) is 2.25. The highest BCUT2D eigenvalue weighted by Gasteiger charge is 2.29. The van der Waals surface area contributed by atoms with Gasteiger partial charge in [0.15, 0.2) is 0 Å². The van der Waals surface area contributed by atoms with Gasteiger partial charge in [-0.3, -0.25) is 0 Å². The van der Waals surface area contributed by atoms with Gasteiger partial charge >= 0.3 is 0 Å². The average Bonchev–Trinajstić information content (AvgIpc) is 2.10. The Morgan fingerprint density at radius 3 is 2.33 bits per heavy atom. The van der Waals surface area contributed by atoms with Gasteiger partial charge in [0.2, 0.25) is 0 Å². The molecule has 54 valence electrons. The van der Waals surface area contributed by atoms with E-state index in [0.29, 0.717) is 5.92 Å². The summed E-state index contributed by atoms with van der Waals surface area (Å²) in [6.07, 6.45) is 1.60. The molecule has 3 atom stereocenters. The molecule has 0 aromatic carbocycles. The van der Waals surface area contributed by atoms with E-state index in [9.17, 15) is 5.11 Å².